The fourth-order valence-electron chi connectivity index (χ4n) is 1.41. The molecular formula is C14H32N4Zn-4. The molecule has 0 heterocycles. The minimum atomic E-state index is 0. The average Bonchev–Trinajstić information content (AvgIpc) is 2.38. The first kappa shape index (κ1) is 24.5. The second-order valence-electron chi connectivity index (χ2n) is 4.90. The van der Waals surface area contributed by atoms with Crippen LogP contribution in [0.1, 0.15) is 40.5 Å². The Balaban J connectivity index is -0.000000256. The van der Waals surface area contributed by atoms with Gasteiger partial charge < -0.3 is 21.3 Å². The largest absolute Gasteiger partial charge is 0.663 e. The Morgan fingerprint density at radius 2 is 0.684 bits per heavy atom. The molecule has 0 saturated heterocycles. The van der Waals surface area contributed by atoms with E-state index < -0.39 is 0 Å². The van der Waals surface area contributed by atoms with Gasteiger partial charge in [-0.05, 0) is 0 Å². The summed E-state index contributed by atoms with van der Waals surface area (Å²) in [6, 6.07) is 1.85. The monoisotopic (exact) mass is 320 g/mol. The van der Waals surface area contributed by atoms with Gasteiger partial charge in [-0.15, -0.1) is 24.2 Å². The van der Waals surface area contributed by atoms with Gasteiger partial charge in [0.1, 0.15) is 0 Å². The summed E-state index contributed by atoms with van der Waals surface area (Å²) in [5.41, 5.74) is 0. The van der Waals surface area contributed by atoms with Crippen molar-refractivity contribution in [2.75, 3.05) is 28.2 Å². The van der Waals surface area contributed by atoms with E-state index in [9.17, 15) is 0 Å². The van der Waals surface area contributed by atoms with Crippen LogP contribution in [-0.2, 0) is 19.5 Å². The van der Waals surface area contributed by atoms with Crippen LogP contribution in [0.5, 0.6) is 0 Å². The van der Waals surface area contributed by atoms with Crippen molar-refractivity contribution in [1.82, 2.24) is 0 Å². The Bertz CT molecular complexity index is 136. The Hall–Kier alpha value is 0.463. The fourth-order valence-corrected chi connectivity index (χ4v) is 1.41. The van der Waals surface area contributed by atoms with E-state index in [1.807, 2.05) is 28.2 Å². The van der Waals surface area contributed by atoms with Gasteiger partial charge in [-0.2, -0.15) is 28.2 Å². The molecule has 0 amide bonds. The van der Waals surface area contributed by atoms with Gasteiger partial charge in [0.25, 0.3) is 0 Å². The third-order valence-corrected chi connectivity index (χ3v) is 3.13. The molecule has 0 spiro atoms. The summed E-state index contributed by atoms with van der Waals surface area (Å²) in [5.74, 6) is 0. The van der Waals surface area contributed by atoms with Gasteiger partial charge in [0.2, 0.25) is 0 Å². The standard InChI is InChI=1S/2C7H16N2.Zn/c2*1-6(8-3)5-7(2)9-4;/h2*6-7H,5H2,1-4H3;/q2*-2;. The summed E-state index contributed by atoms with van der Waals surface area (Å²) < 4.78 is 0. The van der Waals surface area contributed by atoms with Crippen LogP contribution in [0, 0.1) is 0 Å². The van der Waals surface area contributed by atoms with Gasteiger partial charge in [0, 0.05) is 19.5 Å². The summed E-state index contributed by atoms with van der Waals surface area (Å²) in [7, 11) is 7.42. The number of rotatable bonds is 8. The van der Waals surface area contributed by atoms with Crippen LogP contribution in [0.15, 0.2) is 0 Å². The summed E-state index contributed by atoms with van der Waals surface area (Å²) >= 11 is 0. The molecule has 0 aromatic heterocycles. The first-order valence-electron chi connectivity index (χ1n) is 6.76. The van der Waals surface area contributed by atoms with Crippen molar-refractivity contribution < 1.29 is 19.5 Å². The molecule has 5 heteroatoms. The number of nitrogens with zero attached hydrogens (tertiary/aromatic N) is 4. The Morgan fingerprint density at radius 1 is 0.526 bits per heavy atom. The van der Waals surface area contributed by atoms with E-state index in [1.165, 1.54) is 0 Å². The van der Waals surface area contributed by atoms with Crippen molar-refractivity contribution >= 4 is 0 Å². The molecule has 114 valence electrons. The van der Waals surface area contributed by atoms with Crippen LogP contribution in [0.2, 0.25) is 0 Å². The van der Waals surface area contributed by atoms with Gasteiger partial charge in [-0.3, -0.25) is 0 Å². The fraction of sp³-hybridized carbons (Fsp3) is 1.00. The first-order chi connectivity index (χ1) is 8.40. The van der Waals surface area contributed by atoms with Crippen molar-refractivity contribution in [3.63, 3.8) is 0 Å². The number of hydrogen-bond donors (Lipinski definition) is 0. The zero-order chi connectivity index (χ0) is 14.6. The van der Waals surface area contributed by atoms with Crippen LogP contribution >= 0.6 is 0 Å². The summed E-state index contributed by atoms with van der Waals surface area (Å²) in [6.45, 7) is 8.45. The molecule has 0 radical (unpaired) electrons. The maximum absolute atomic E-state index is 4.12. The van der Waals surface area contributed by atoms with Crippen molar-refractivity contribution in [2.45, 2.75) is 64.7 Å². The first-order valence-corrected chi connectivity index (χ1v) is 6.76. The van der Waals surface area contributed by atoms with E-state index in [2.05, 4.69) is 49.0 Å². The van der Waals surface area contributed by atoms with Crippen molar-refractivity contribution in [3.8, 4) is 0 Å². The zero-order valence-electron chi connectivity index (χ0n) is 14.2. The van der Waals surface area contributed by atoms with E-state index in [0.29, 0.717) is 24.2 Å². The SMILES string of the molecule is C[N-]C(C)CC(C)[N-]C.C[N-]C(C)CC(C)[N-]C.[Zn]. The maximum Gasteiger partial charge on any atom is 0 e. The maximum atomic E-state index is 4.12. The van der Waals surface area contributed by atoms with Crippen molar-refractivity contribution in [2.24, 2.45) is 0 Å². The van der Waals surface area contributed by atoms with E-state index in [-0.39, 0.29) is 19.5 Å². The molecule has 4 unspecified atom stereocenters. The van der Waals surface area contributed by atoms with Gasteiger partial charge in [0.15, 0.2) is 0 Å². The molecule has 0 aliphatic rings. The molecule has 0 bridgehead atoms. The molecule has 0 fully saturated rings. The van der Waals surface area contributed by atoms with E-state index in [0.717, 1.165) is 12.8 Å². The molecule has 4 nitrogen and oxygen atoms in total. The smallest absolute Gasteiger partial charge is 0 e. The number of hydrogen-bond acceptors (Lipinski definition) is 0. The minimum absolute atomic E-state index is 0. The van der Waals surface area contributed by atoms with E-state index in [4.69, 9.17) is 0 Å². The van der Waals surface area contributed by atoms with Crippen molar-refractivity contribution in [1.29, 1.82) is 0 Å². The predicted octanol–water partition coefficient (Wildman–Crippen LogP) is 4.32. The third kappa shape index (κ3) is 18.5. The average molecular weight is 322 g/mol. The van der Waals surface area contributed by atoms with Crippen molar-refractivity contribution in [3.05, 3.63) is 21.3 Å². The summed E-state index contributed by atoms with van der Waals surface area (Å²) in [5, 5.41) is 16.5. The molecule has 0 N–H and O–H groups in total. The Labute approximate surface area is 134 Å². The molecule has 0 aromatic carbocycles. The van der Waals surface area contributed by atoms with E-state index in [1.54, 1.807) is 0 Å². The minimum Gasteiger partial charge on any atom is -0.663 e. The van der Waals surface area contributed by atoms with Crippen LogP contribution in [-0.4, -0.2) is 52.4 Å². The van der Waals surface area contributed by atoms with Crippen LogP contribution in [0.3, 0.4) is 0 Å². The third-order valence-electron chi connectivity index (χ3n) is 3.13. The summed E-state index contributed by atoms with van der Waals surface area (Å²) in [4.78, 5) is 0. The zero-order valence-corrected chi connectivity index (χ0v) is 17.2. The molecule has 0 aromatic rings. The molecular weight excluding hydrogens is 290 g/mol. The Kier molecular flexibility index (Phi) is 21.3. The van der Waals surface area contributed by atoms with Crippen LogP contribution in [0.4, 0.5) is 0 Å². The predicted molar refractivity (Wildman–Crippen MR) is 84.2 cm³/mol. The van der Waals surface area contributed by atoms with Gasteiger partial charge in [0.05, 0.1) is 0 Å². The molecule has 0 rings (SSSR count). The topological polar surface area (TPSA) is 56.4 Å². The normalized spacial score (nSPS) is 16.4. The van der Waals surface area contributed by atoms with Crippen LogP contribution in [0.25, 0.3) is 21.3 Å². The van der Waals surface area contributed by atoms with Gasteiger partial charge >= 0.3 is 0 Å². The molecule has 19 heavy (non-hydrogen) atoms. The van der Waals surface area contributed by atoms with Gasteiger partial charge in [-0.1, -0.05) is 40.5 Å². The quantitative estimate of drug-likeness (QED) is 0.598. The molecule has 0 aliphatic heterocycles. The molecule has 4 atom stereocenters. The second kappa shape index (κ2) is 16.5. The van der Waals surface area contributed by atoms with Crippen LogP contribution < -0.4 is 0 Å². The molecule has 0 saturated carbocycles. The Morgan fingerprint density at radius 3 is 0.789 bits per heavy atom. The van der Waals surface area contributed by atoms with E-state index >= 15 is 0 Å². The molecule has 0 aliphatic carbocycles. The summed E-state index contributed by atoms with van der Waals surface area (Å²) in [6.07, 6.45) is 2.15. The second-order valence-corrected chi connectivity index (χ2v) is 4.90. The van der Waals surface area contributed by atoms with Gasteiger partial charge in [-0.25, -0.2) is 0 Å².